The van der Waals surface area contributed by atoms with Crippen molar-refractivity contribution in [3.63, 3.8) is 0 Å². The van der Waals surface area contributed by atoms with Gasteiger partial charge in [-0.25, -0.2) is 0 Å². The summed E-state index contributed by atoms with van der Waals surface area (Å²) in [4.78, 5) is 0. The summed E-state index contributed by atoms with van der Waals surface area (Å²) in [5.74, 6) is 0. The van der Waals surface area contributed by atoms with Gasteiger partial charge >= 0.3 is 0 Å². The van der Waals surface area contributed by atoms with Crippen LogP contribution in [-0.2, 0) is 9.47 Å². The van der Waals surface area contributed by atoms with E-state index in [0.717, 1.165) is 0 Å². The molecule has 0 rings (SSSR count). The molecule has 0 heterocycles. The summed E-state index contributed by atoms with van der Waals surface area (Å²) in [6.45, 7) is 4.16. The molecule has 0 saturated heterocycles. The van der Waals surface area contributed by atoms with Gasteiger partial charge in [0.25, 0.3) is 0 Å². The largest absolute Gasteiger partial charge is 0.382 e. The van der Waals surface area contributed by atoms with Crippen LogP contribution >= 0.6 is 0 Å². The van der Waals surface area contributed by atoms with Crippen LogP contribution in [0.5, 0.6) is 0 Å². The van der Waals surface area contributed by atoms with Crippen molar-refractivity contribution in [2.24, 2.45) is 0 Å². The molecule has 0 bridgehead atoms. The molecule has 7 heavy (non-hydrogen) atoms. The van der Waals surface area contributed by atoms with E-state index in [1.54, 1.807) is 14.2 Å². The molecule has 2 nitrogen and oxygen atoms in total. The molecule has 1 atom stereocenters. The SMILES string of the molecule is [CH2][C@@H](COC)OC. The molecule has 0 aliphatic rings. The van der Waals surface area contributed by atoms with Crippen molar-refractivity contribution in [1.82, 2.24) is 0 Å². The van der Waals surface area contributed by atoms with Crippen molar-refractivity contribution < 1.29 is 9.47 Å². The van der Waals surface area contributed by atoms with Crippen molar-refractivity contribution in [3.8, 4) is 0 Å². The number of hydrogen-bond donors (Lipinski definition) is 0. The van der Waals surface area contributed by atoms with Gasteiger partial charge in [0, 0.05) is 14.2 Å². The molecule has 1 radical (unpaired) electrons. The lowest BCUT2D eigenvalue weighted by Gasteiger charge is -2.04. The standard InChI is InChI=1S/C5H11O2/c1-5(7-3)4-6-2/h5H,1,4H2,2-3H3/t5-/m0/s1. The summed E-state index contributed by atoms with van der Waals surface area (Å²) >= 11 is 0. The maximum atomic E-state index is 4.75. The summed E-state index contributed by atoms with van der Waals surface area (Å²) < 4.78 is 9.46. The van der Waals surface area contributed by atoms with Gasteiger partial charge in [-0.3, -0.25) is 0 Å². The fourth-order valence-electron chi connectivity index (χ4n) is 0.254. The van der Waals surface area contributed by atoms with E-state index in [9.17, 15) is 0 Å². The lowest BCUT2D eigenvalue weighted by Crippen LogP contribution is -2.11. The van der Waals surface area contributed by atoms with Gasteiger partial charge in [0.1, 0.15) is 0 Å². The van der Waals surface area contributed by atoms with Crippen molar-refractivity contribution >= 4 is 0 Å². The quantitative estimate of drug-likeness (QED) is 0.517. The zero-order valence-electron chi connectivity index (χ0n) is 4.81. The van der Waals surface area contributed by atoms with Crippen LogP contribution in [0.1, 0.15) is 0 Å². The molecule has 0 aliphatic heterocycles. The maximum Gasteiger partial charge on any atom is 0.0805 e. The van der Waals surface area contributed by atoms with E-state index in [2.05, 4.69) is 6.92 Å². The second kappa shape index (κ2) is 4.09. The van der Waals surface area contributed by atoms with E-state index in [0.29, 0.717) is 6.61 Å². The fraction of sp³-hybridized carbons (Fsp3) is 0.800. The third-order valence-electron chi connectivity index (χ3n) is 0.686. The fourth-order valence-corrected chi connectivity index (χ4v) is 0.254. The van der Waals surface area contributed by atoms with Gasteiger partial charge in [-0.1, -0.05) is 0 Å². The Morgan fingerprint density at radius 3 is 2.29 bits per heavy atom. The maximum absolute atomic E-state index is 4.75. The molecule has 0 fully saturated rings. The Labute approximate surface area is 44.4 Å². The molecular weight excluding hydrogens is 92.1 g/mol. The number of ether oxygens (including phenoxy) is 2. The van der Waals surface area contributed by atoms with E-state index >= 15 is 0 Å². The zero-order valence-corrected chi connectivity index (χ0v) is 4.81. The average Bonchev–Trinajstić information content (AvgIpc) is 1.68. The number of hydrogen-bond acceptors (Lipinski definition) is 2. The van der Waals surface area contributed by atoms with Gasteiger partial charge in [0.15, 0.2) is 0 Å². The van der Waals surface area contributed by atoms with E-state index < -0.39 is 0 Å². The van der Waals surface area contributed by atoms with E-state index in [1.165, 1.54) is 0 Å². The first-order valence-electron chi connectivity index (χ1n) is 2.16. The van der Waals surface area contributed by atoms with Crippen molar-refractivity contribution in [2.75, 3.05) is 20.8 Å². The monoisotopic (exact) mass is 103 g/mol. The topological polar surface area (TPSA) is 18.5 Å². The van der Waals surface area contributed by atoms with Crippen LogP contribution in [0, 0.1) is 6.92 Å². The van der Waals surface area contributed by atoms with Gasteiger partial charge in [-0.15, -0.1) is 0 Å². The predicted octanol–water partition coefficient (Wildman–Crippen LogP) is 0.482. The van der Waals surface area contributed by atoms with Gasteiger partial charge < -0.3 is 9.47 Å². The van der Waals surface area contributed by atoms with Gasteiger partial charge in [0.05, 0.1) is 12.7 Å². The summed E-state index contributed by atoms with van der Waals surface area (Å²) in [6.07, 6.45) is -0.0231. The van der Waals surface area contributed by atoms with Crippen LogP contribution in [0.25, 0.3) is 0 Å². The van der Waals surface area contributed by atoms with Gasteiger partial charge in [-0.2, -0.15) is 0 Å². The minimum absolute atomic E-state index is 0.0231. The minimum Gasteiger partial charge on any atom is -0.382 e. The molecule has 0 aromatic rings. The van der Waals surface area contributed by atoms with Crippen LogP contribution < -0.4 is 0 Å². The molecule has 0 saturated carbocycles. The second-order valence-corrected chi connectivity index (χ2v) is 1.31. The Morgan fingerprint density at radius 2 is 2.14 bits per heavy atom. The lowest BCUT2D eigenvalue weighted by molar-refractivity contribution is 0.0555. The first-order valence-corrected chi connectivity index (χ1v) is 2.16. The predicted molar refractivity (Wildman–Crippen MR) is 28.0 cm³/mol. The van der Waals surface area contributed by atoms with Crippen LogP contribution in [0.15, 0.2) is 0 Å². The Kier molecular flexibility index (Phi) is 4.04. The van der Waals surface area contributed by atoms with Crippen LogP contribution in [0.2, 0.25) is 0 Å². The Balaban J connectivity index is 2.83. The average molecular weight is 103 g/mol. The van der Waals surface area contributed by atoms with E-state index in [4.69, 9.17) is 9.47 Å². The zero-order chi connectivity index (χ0) is 5.70. The third kappa shape index (κ3) is 3.76. The highest BCUT2D eigenvalue weighted by Crippen LogP contribution is 1.83. The number of rotatable bonds is 3. The van der Waals surface area contributed by atoms with E-state index in [-0.39, 0.29) is 6.10 Å². The Bertz CT molecular complexity index is 37.1. The third-order valence-corrected chi connectivity index (χ3v) is 0.686. The highest BCUT2D eigenvalue weighted by Gasteiger charge is 1.93. The molecule has 0 aromatic carbocycles. The van der Waals surface area contributed by atoms with Crippen molar-refractivity contribution in [1.29, 1.82) is 0 Å². The first-order chi connectivity index (χ1) is 3.31. The molecule has 0 amide bonds. The summed E-state index contributed by atoms with van der Waals surface area (Å²) in [5.41, 5.74) is 0. The molecule has 2 heteroatoms. The minimum atomic E-state index is -0.0231. The molecule has 0 spiro atoms. The smallest absolute Gasteiger partial charge is 0.0805 e. The first kappa shape index (κ1) is 6.92. The van der Waals surface area contributed by atoms with Crippen molar-refractivity contribution in [2.45, 2.75) is 6.10 Å². The van der Waals surface area contributed by atoms with Crippen LogP contribution in [0.3, 0.4) is 0 Å². The highest BCUT2D eigenvalue weighted by atomic mass is 16.5. The summed E-state index contributed by atoms with van der Waals surface area (Å²) in [7, 11) is 3.23. The summed E-state index contributed by atoms with van der Waals surface area (Å²) in [6, 6.07) is 0. The molecule has 0 aromatic heterocycles. The summed E-state index contributed by atoms with van der Waals surface area (Å²) in [5, 5.41) is 0. The van der Waals surface area contributed by atoms with Crippen LogP contribution in [-0.4, -0.2) is 26.9 Å². The highest BCUT2D eigenvalue weighted by molar-refractivity contribution is 4.54. The molecular formula is C5H11O2. The van der Waals surface area contributed by atoms with Gasteiger partial charge in [-0.05, 0) is 6.92 Å². The van der Waals surface area contributed by atoms with Gasteiger partial charge in [0.2, 0.25) is 0 Å². The van der Waals surface area contributed by atoms with E-state index in [1.807, 2.05) is 0 Å². The number of methoxy groups -OCH3 is 2. The molecule has 43 valence electrons. The Morgan fingerprint density at radius 1 is 1.57 bits per heavy atom. The lowest BCUT2D eigenvalue weighted by atomic mass is 10.4. The van der Waals surface area contributed by atoms with Crippen molar-refractivity contribution in [3.05, 3.63) is 6.92 Å². The second-order valence-electron chi connectivity index (χ2n) is 1.31. The normalized spacial score (nSPS) is 14.1. The molecule has 0 N–H and O–H groups in total. The van der Waals surface area contributed by atoms with Crippen LogP contribution in [0.4, 0.5) is 0 Å². The molecule has 0 unspecified atom stereocenters. The Hall–Kier alpha value is -0.0800. The molecule has 0 aliphatic carbocycles.